The van der Waals surface area contributed by atoms with Crippen LogP contribution in [0.5, 0.6) is 0 Å². The van der Waals surface area contributed by atoms with Crippen molar-refractivity contribution >= 4 is 12.0 Å². The van der Waals surface area contributed by atoms with Crippen LogP contribution in [0.15, 0.2) is 0 Å². The first-order valence-electron chi connectivity index (χ1n) is 5.33. The van der Waals surface area contributed by atoms with Crippen molar-refractivity contribution < 1.29 is 23.8 Å². The smallest absolute Gasteiger partial charge is 0.325 e. The third kappa shape index (κ3) is 8.47. The zero-order valence-electron chi connectivity index (χ0n) is 10.4. The number of methoxy groups -OCH3 is 2. The Morgan fingerprint density at radius 2 is 1.94 bits per heavy atom. The molecule has 1 atom stereocenters. The Labute approximate surface area is 101 Å². The molecule has 2 amide bonds. The second-order valence-corrected chi connectivity index (χ2v) is 3.18. The molecule has 0 aliphatic carbocycles. The molecule has 0 aromatic rings. The largest absolute Gasteiger partial charge is 0.465 e. The molecule has 2 N–H and O–H groups in total. The topological polar surface area (TPSA) is 85.9 Å². The fourth-order valence-electron chi connectivity index (χ4n) is 1.03. The van der Waals surface area contributed by atoms with E-state index in [4.69, 9.17) is 9.47 Å². The Morgan fingerprint density at radius 1 is 1.24 bits per heavy atom. The van der Waals surface area contributed by atoms with Gasteiger partial charge in [0.25, 0.3) is 0 Å². The maximum absolute atomic E-state index is 11.3. The van der Waals surface area contributed by atoms with Gasteiger partial charge in [0.1, 0.15) is 6.54 Å². The Balaban J connectivity index is 3.67. The van der Waals surface area contributed by atoms with Crippen molar-refractivity contribution in [1.82, 2.24) is 10.6 Å². The van der Waals surface area contributed by atoms with Crippen LogP contribution in [-0.4, -0.2) is 58.6 Å². The van der Waals surface area contributed by atoms with Gasteiger partial charge in [-0.15, -0.1) is 0 Å². The number of hydrogen-bond donors (Lipinski definition) is 2. The third-order valence-electron chi connectivity index (χ3n) is 1.87. The lowest BCUT2D eigenvalue weighted by Gasteiger charge is -2.15. The minimum Gasteiger partial charge on any atom is -0.465 e. The van der Waals surface area contributed by atoms with E-state index in [1.807, 2.05) is 0 Å². The molecule has 0 heterocycles. The highest BCUT2D eigenvalue weighted by molar-refractivity contribution is 5.80. The van der Waals surface area contributed by atoms with Gasteiger partial charge in [-0.05, 0) is 6.92 Å². The van der Waals surface area contributed by atoms with Gasteiger partial charge < -0.3 is 24.8 Å². The molecule has 0 saturated carbocycles. The van der Waals surface area contributed by atoms with Crippen molar-refractivity contribution in [2.24, 2.45) is 0 Å². The Kier molecular flexibility index (Phi) is 9.08. The van der Waals surface area contributed by atoms with Gasteiger partial charge in [-0.3, -0.25) is 4.79 Å². The van der Waals surface area contributed by atoms with Gasteiger partial charge in [0.15, 0.2) is 0 Å². The first-order valence-corrected chi connectivity index (χ1v) is 5.33. The first-order chi connectivity index (χ1) is 8.13. The lowest BCUT2D eigenvalue weighted by atomic mass is 10.4. The molecule has 0 radical (unpaired) electrons. The standard InChI is InChI=1S/C10H20N2O5/c1-4-17-9(13)6-12-10(14)11-5-8(16-3)7-15-2/h8H,4-7H2,1-3H3,(H2,11,12,14). The molecule has 0 aliphatic heterocycles. The van der Waals surface area contributed by atoms with Gasteiger partial charge >= 0.3 is 12.0 Å². The number of rotatable bonds is 8. The Bertz CT molecular complexity index is 235. The molecule has 0 fully saturated rings. The molecule has 1 unspecified atom stereocenters. The molecular weight excluding hydrogens is 228 g/mol. The predicted octanol–water partition coefficient (Wildman–Crippen LogP) is -0.490. The summed E-state index contributed by atoms with van der Waals surface area (Å²) in [6, 6.07) is -0.448. The number of urea groups is 1. The lowest BCUT2D eigenvalue weighted by molar-refractivity contribution is -0.141. The molecule has 0 saturated heterocycles. The number of carbonyl (C=O) groups excluding carboxylic acids is 2. The van der Waals surface area contributed by atoms with Crippen LogP contribution >= 0.6 is 0 Å². The molecule has 0 rings (SSSR count). The molecule has 7 nitrogen and oxygen atoms in total. The summed E-state index contributed by atoms with van der Waals surface area (Å²) in [5.41, 5.74) is 0. The fraction of sp³-hybridized carbons (Fsp3) is 0.800. The fourth-order valence-corrected chi connectivity index (χ4v) is 1.03. The summed E-state index contributed by atoms with van der Waals surface area (Å²) < 4.78 is 14.6. The van der Waals surface area contributed by atoms with E-state index in [0.717, 1.165) is 0 Å². The quantitative estimate of drug-likeness (QED) is 0.566. The second-order valence-electron chi connectivity index (χ2n) is 3.18. The average molecular weight is 248 g/mol. The maximum Gasteiger partial charge on any atom is 0.325 e. The lowest BCUT2D eigenvalue weighted by Crippen LogP contribution is -2.43. The second kappa shape index (κ2) is 9.86. The van der Waals surface area contributed by atoms with Crippen LogP contribution < -0.4 is 10.6 Å². The van der Waals surface area contributed by atoms with Gasteiger partial charge in [0.05, 0.1) is 19.3 Å². The van der Waals surface area contributed by atoms with Gasteiger partial charge in [-0.25, -0.2) is 4.79 Å². The molecule has 0 aromatic heterocycles. The number of ether oxygens (including phenoxy) is 3. The SMILES string of the molecule is CCOC(=O)CNC(=O)NCC(COC)OC. The van der Waals surface area contributed by atoms with E-state index in [1.165, 1.54) is 7.11 Å². The van der Waals surface area contributed by atoms with E-state index < -0.39 is 12.0 Å². The van der Waals surface area contributed by atoms with E-state index in [9.17, 15) is 9.59 Å². The highest BCUT2D eigenvalue weighted by atomic mass is 16.5. The number of amides is 2. The summed E-state index contributed by atoms with van der Waals surface area (Å²) in [6.45, 7) is 2.53. The monoisotopic (exact) mass is 248 g/mol. The normalized spacial score (nSPS) is 11.7. The summed E-state index contributed by atoms with van der Waals surface area (Å²) in [6.07, 6.45) is -0.214. The minimum absolute atomic E-state index is 0.151. The van der Waals surface area contributed by atoms with Crippen LogP contribution in [-0.2, 0) is 19.0 Å². The van der Waals surface area contributed by atoms with Crippen molar-refractivity contribution in [3.05, 3.63) is 0 Å². The number of nitrogens with one attached hydrogen (secondary N) is 2. The van der Waals surface area contributed by atoms with E-state index in [0.29, 0.717) is 19.8 Å². The molecule has 0 aliphatic rings. The van der Waals surface area contributed by atoms with E-state index in [1.54, 1.807) is 14.0 Å². The van der Waals surface area contributed by atoms with Gasteiger partial charge in [-0.2, -0.15) is 0 Å². The molecule has 7 heteroatoms. The van der Waals surface area contributed by atoms with Gasteiger partial charge in [0.2, 0.25) is 0 Å². The van der Waals surface area contributed by atoms with Gasteiger partial charge in [-0.1, -0.05) is 0 Å². The van der Waals surface area contributed by atoms with Crippen molar-refractivity contribution in [3.8, 4) is 0 Å². The van der Waals surface area contributed by atoms with Crippen LogP contribution in [0.25, 0.3) is 0 Å². The zero-order chi connectivity index (χ0) is 13.1. The first kappa shape index (κ1) is 15.7. The summed E-state index contributed by atoms with van der Waals surface area (Å²) in [5.74, 6) is -0.470. The summed E-state index contributed by atoms with van der Waals surface area (Å²) in [5, 5.41) is 4.92. The Hall–Kier alpha value is -1.34. The van der Waals surface area contributed by atoms with Crippen LogP contribution in [0.1, 0.15) is 6.92 Å². The van der Waals surface area contributed by atoms with E-state index in [2.05, 4.69) is 15.4 Å². The van der Waals surface area contributed by atoms with Crippen LogP contribution in [0, 0.1) is 0 Å². The molecule has 0 aromatic carbocycles. The maximum atomic E-state index is 11.3. The average Bonchev–Trinajstić information content (AvgIpc) is 2.32. The molecule has 0 bridgehead atoms. The molecule has 0 spiro atoms. The zero-order valence-corrected chi connectivity index (χ0v) is 10.4. The highest BCUT2D eigenvalue weighted by Crippen LogP contribution is 1.88. The summed E-state index contributed by atoms with van der Waals surface area (Å²) in [4.78, 5) is 22.2. The highest BCUT2D eigenvalue weighted by Gasteiger charge is 2.09. The van der Waals surface area contributed by atoms with E-state index in [-0.39, 0.29) is 12.6 Å². The minimum atomic E-state index is -0.470. The number of esters is 1. The van der Waals surface area contributed by atoms with Crippen molar-refractivity contribution in [1.29, 1.82) is 0 Å². The molecular formula is C10H20N2O5. The summed E-state index contributed by atoms with van der Waals surface area (Å²) in [7, 11) is 3.08. The molecule has 17 heavy (non-hydrogen) atoms. The van der Waals surface area contributed by atoms with E-state index >= 15 is 0 Å². The van der Waals surface area contributed by atoms with Crippen molar-refractivity contribution in [2.75, 3.05) is 40.5 Å². The van der Waals surface area contributed by atoms with Crippen LogP contribution in [0.2, 0.25) is 0 Å². The van der Waals surface area contributed by atoms with Crippen LogP contribution in [0.3, 0.4) is 0 Å². The van der Waals surface area contributed by atoms with Crippen molar-refractivity contribution in [3.63, 3.8) is 0 Å². The molecule has 100 valence electrons. The number of carbonyl (C=O) groups is 2. The predicted molar refractivity (Wildman–Crippen MR) is 60.7 cm³/mol. The number of hydrogen-bond acceptors (Lipinski definition) is 5. The summed E-state index contributed by atoms with van der Waals surface area (Å²) >= 11 is 0. The Morgan fingerprint density at radius 3 is 2.47 bits per heavy atom. The van der Waals surface area contributed by atoms with Crippen molar-refractivity contribution in [2.45, 2.75) is 13.0 Å². The third-order valence-corrected chi connectivity index (χ3v) is 1.87. The van der Waals surface area contributed by atoms with Gasteiger partial charge in [0, 0.05) is 20.8 Å². The van der Waals surface area contributed by atoms with Crippen LogP contribution in [0.4, 0.5) is 4.79 Å².